The summed E-state index contributed by atoms with van der Waals surface area (Å²) in [7, 11) is 3.28. The van der Waals surface area contributed by atoms with Crippen molar-refractivity contribution < 1.29 is 19.3 Å². The number of fused-ring (bicyclic) bond motifs is 3. The number of morpholine rings is 1. The van der Waals surface area contributed by atoms with Crippen LogP contribution in [0.15, 0.2) is 30.3 Å². The van der Waals surface area contributed by atoms with E-state index in [4.69, 9.17) is 29.2 Å². The van der Waals surface area contributed by atoms with Gasteiger partial charge in [-0.3, -0.25) is 0 Å². The minimum Gasteiger partial charge on any atom is -0.496 e. The fraction of sp³-hybridized carbons (Fsp3) is 0.458. The topological polar surface area (TPSA) is 102 Å². The molecule has 3 aromatic rings. The largest absolute Gasteiger partial charge is 0.496 e. The molecular weight excluding hydrogens is 422 g/mol. The highest BCUT2D eigenvalue weighted by Gasteiger charge is 2.39. The molecule has 5 rings (SSSR count). The number of anilines is 2. The number of aromatic nitrogens is 3. The third-order valence-corrected chi connectivity index (χ3v) is 6.36. The molecule has 0 aliphatic carbocycles. The number of methoxy groups -OCH3 is 2. The van der Waals surface area contributed by atoms with Crippen LogP contribution >= 0.6 is 0 Å². The zero-order chi connectivity index (χ0) is 22.8. The molecule has 33 heavy (non-hydrogen) atoms. The van der Waals surface area contributed by atoms with Gasteiger partial charge in [-0.25, -0.2) is 4.98 Å². The summed E-state index contributed by atoms with van der Waals surface area (Å²) in [4.78, 5) is 17.0. The standard InChI is InChI=1S/C24H29N5O4/c1-31-10-9-25-22-19-6-7-20(15-3-8-21(32-2)16(11-15)12-30)26-23(19)28-24(27-22)29-17-4-5-18(29)14-33-13-17/h3,6-8,11,17-18,30H,4-5,9-10,12-14H2,1-2H3,(H,25,26,27,28)/t17-,18+. The Kier molecular flexibility index (Phi) is 6.26. The highest BCUT2D eigenvalue weighted by molar-refractivity contribution is 5.89. The third-order valence-electron chi connectivity index (χ3n) is 6.36. The summed E-state index contributed by atoms with van der Waals surface area (Å²) in [5.74, 6) is 2.09. The van der Waals surface area contributed by atoms with Crippen molar-refractivity contribution in [2.75, 3.05) is 50.8 Å². The molecule has 0 unspecified atom stereocenters. The number of hydrogen-bond acceptors (Lipinski definition) is 9. The summed E-state index contributed by atoms with van der Waals surface area (Å²) in [5.41, 5.74) is 3.01. The fourth-order valence-corrected chi connectivity index (χ4v) is 4.70. The first-order chi connectivity index (χ1) is 16.2. The van der Waals surface area contributed by atoms with Crippen LogP contribution in [0.25, 0.3) is 22.3 Å². The average molecular weight is 452 g/mol. The SMILES string of the molecule is COCCNc1nc(N2[C@@H]3CC[C@H]2COC3)nc2nc(-c3ccc(OC)c(CO)c3)ccc12. The predicted molar refractivity (Wildman–Crippen MR) is 126 cm³/mol. The summed E-state index contributed by atoms with van der Waals surface area (Å²) in [5, 5.41) is 14.0. The maximum Gasteiger partial charge on any atom is 0.230 e. The van der Waals surface area contributed by atoms with Crippen LogP contribution in [0.4, 0.5) is 11.8 Å². The molecule has 2 saturated heterocycles. The van der Waals surface area contributed by atoms with Crippen molar-refractivity contribution in [3.63, 3.8) is 0 Å². The Morgan fingerprint density at radius 2 is 1.91 bits per heavy atom. The van der Waals surface area contributed by atoms with Crippen LogP contribution in [-0.2, 0) is 16.1 Å². The molecule has 174 valence electrons. The number of nitrogens with one attached hydrogen (secondary N) is 1. The van der Waals surface area contributed by atoms with Gasteiger partial charge in [0.25, 0.3) is 0 Å². The summed E-state index contributed by atoms with van der Waals surface area (Å²) < 4.78 is 16.3. The van der Waals surface area contributed by atoms with E-state index < -0.39 is 0 Å². The van der Waals surface area contributed by atoms with Crippen LogP contribution in [0, 0.1) is 0 Å². The number of nitrogens with zero attached hydrogens (tertiary/aromatic N) is 4. The molecule has 2 fully saturated rings. The lowest BCUT2D eigenvalue weighted by atomic mass is 10.1. The maximum absolute atomic E-state index is 9.71. The minimum absolute atomic E-state index is 0.107. The highest BCUT2D eigenvalue weighted by Crippen LogP contribution is 2.34. The Morgan fingerprint density at radius 3 is 2.64 bits per heavy atom. The normalized spacial score (nSPS) is 19.8. The second-order valence-corrected chi connectivity index (χ2v) is 8.37. The summed E-state index contributed by atoms with van der Waals surface area (Å²) in [6.07, 6.45) is 2.17. The van der Waals surface area contributed by atoms with E-state index in [-0.39, 0.29) is 6.61 Å². The lowest BCUT2D eigenvalue weighted by Gasteiger charge is -2.34. The van der Waals surface area contributed by atoms with Gasteiger partial charge in [-0.05, 0) is 43.2 Å². The Morgan fingerprint density at radius 1 is 1.09 bits per heavy atom. The smallest absolute Gasteiger partial charge is 0.230 e. The third kappa shape index (κ3) is 4.19. The molecule has 9 heteroatoms. The first kappa shape index (κ1) is 21.8. The van der Waals surface area contributed by atoms with Gasteiger partial charge in [0.1, 0.15) is 11.6 Å². The molecular formula is C24H29N5O4. The number of benzene rings is 1. The molecule has 9 nitrogen and oxygen atoms in total. The van der Waals surface area contributed by atoms with Crippen LogP contribution in [0.5, 0.6) is 5.75 Å². The number of ether oxygens (including phenoxy) is 3. The molecule has 2 bridgehead atoms. The zero-order valence-corrected chi connectivity index (χ0v) is 19.0. The van der Waals surface area contributed by atoms with Gasteiger partial charge >= 0.3 is 0 Å². The van der Waals surface area contributed by atoms with Crippen molar-refractivity contribution in [1.82, 2.24) is 15.0 Å². The molecule has 0 spiro atoms. The van der Waals surface area contributed by atoms with Crippen LogP contribution in [0.3, 0.4) is 0 Å². The van der Waals surface area contributed by atoms with E-state index in [1.807, 2.05) is 30.3 Å². The Hall–Kier alpha value is -3.01. The molecule has 2 atom stereocenters. The second kappa shape index (κ2) is 9.46. The van der Waals surface area contributed by atoms with E-state index in [0.29, 0.717) is 61.4 Å². The van der Waals surface area contributed by atoms with Crippen molar-refractivity contribution in [2.45, 2.75) is 31.5 Å². The maximum atomic E-state index is 9.71. The average Bonchev–Trinajstić information content (AvgIpc) is 3.11. The van der Waals surface area contributed by atoms with Crippen LogP contribution in [0.1, 0.15) is 18.4 Å². The van der Waals surface area contributed by atoms with Crippen LogP contribution in [0.2, 0.25) is 0 Å². The molecule has 1 aromatic carbocycles. The quantitative estimate of drug-likeness (QED) is 0.500. The summed E-state index contributed by atoms with van der Waals surface area (Å²) >= 11 is 0. The Labute approximate surface area is 192 Å². The second-order valence-electron chi connectivity index (χ2n) is 8.37. The predicted octanol–water partition coefficient (Wildman–Crippen LogP) is 2.62. The van der Waals surface area contributed by atoms with E-state index in [0.717, 1.165) is 35.3 Å². The van der Waals surface area contributed by atoms with Crippen molar-refractivity contribution >= 4 is 22.8 Å². The van der Waals surface area contributed by atoms with Gasteiger partial charge in [0.15, 0.2) is 5.65 Å². The first-order valence-corrected chi connectivity index (χ1v) is 11.3. The molecule has 2 N–H and O–H groups in total. The van der Waals surface area contributed by atoms with Crippen molar-refractivity contribution in [1.29, 1.82) is 0 Å². The van der Waals surface area contributed by atoms with E-state index in [1.54, 1.807) is 14.2 Å². The molecule has 4 heterocycles. The Bertz CT molecular complexity index is 1130. The Balaban J connectivity index is 1.58. The monoisotopic (exact) mass is 451 g/mol. The number of aliphatic hydroxyl groups is 1. The van der Waals surface area contributed by atoms with E-state index in [2.05, 4.69) is 10.2 Å². The number of rotatable bonds is 8. The van der Waals surface area contributed by atoms with E-state index in [1.165, 1.54) is 0 Å². The van der Waals surface area contributed by atoms with Crippen molar-refractivity contribution in [2.24, 2.45) is 0 Å². The number of pyridine rings is 1. The molecule has 2 aliphatic rings. The lowest BCUT2D eigenvalue weighted by molar-refractivity contribution is 0.0898. The van der Waals surface area contributed by atoms with Crippen LogP contribution < -0.4 is 15.0 Å². The first-order valence-electron chi connectivity index (χ1n) is 11.3. The van der Waals surface area contributed by atoms with Gasteiger partial charge < -0.3 is 29.5 Å². The fourth-order valence-electron chi connectivity index (χ4n) is 4.70. The van der Waals surface area contributed by atoms with Crippen molar-refractivity contribution in [3.05, 3.63) is 35.9 Å². The zero-order valence-electron chi connectivity index (χ0n) is 19.0. The van der Waals surface area contributed by atoms with Gasteiger partial charge in [-0.1, -0.05) is 0 Å². The van der Waals surface area contributed by atoms with Crippen LogP contribution in [-0.4, -0.2) is 72.7 Å². The van der Waals surface area contributed by atoms with Gasteiger partial charge in [0.05, 0.1) is 56.7 Å². The highest BCUT2D eigenvalue weighted by atomic mass is 16.5. The van der Waals surface area contributed by atoms with Gasteiger partial charge in [0.2, 0.25) is 5.95 Å². The molecule has 2 aromatic heterocycles. The molecule has 0 amide bonds. The number of hydrogen-bond donors (Lipinski definition) is 2. The van der Waals surface area contributed by atoms with E-state index >= 15 is 0 Å². The molecule has 0 saturated carbocycles. The van der Waals surface area contributed by atoms with Gasteiger partial charge in [-0.2, -0.15) is 9.97 Å². The van der Waals surface area contributed by atoms with E-state index in [9.17, 15) is 5.11 Å². The molecule has 0 radical (unpaired) electrons. The summed E-state index contributed by atoms with van der Waals surface area (Å²) in [6, 6.07) is 10.2. The lowest BCUT2D eigenvalue weighted by Crippen LogP contribution is -2.46. The van der Waals surface area contributed by atoms with Crippen molar-refractivity contribution in [3.8, 4) is 17.0 Å². The minimum atomic E-state index is -0.107. The van der Waals surface area contributed by atoms with Gasteiger partial charge in [0, 0.05) is 24.8 Å². The van der Waals surface area contributed by atoms with Gasteiger partial charge in [-0.15, -0.1) is 0 Å². The summed E-state index contributed by atoms with van der Waals surface area (Å²) in [6.45, 7) is 2.51. The number of aliphatic hydroxyl groups excluding tert-OH is 1. The molecule has 2 aliphatic heterocycles.